The van der Waals surface area contributed by atoms with Crippen LogP contribution in [-0.4, -0.2) is 160 Å². The summed E-state index contributed by atoms with van der Waals surface area (Å²) in [6.07, 6.45) is 2.46. The SMILES string of the molecule is CC(=O)O.CC(=O)O.CSC(CC=O)C(=O)N(C)CCC(N)=O.NCC(=O)N[C@@H](CCCN=C(N)N)C(=O)NCC(=O)NC(CC(=O)O)C(=O)NCC(=O)O. The molecule has 6 amide bonds. The molecule has 0 saturated heterocycles. The van der Waals surface area contributed by atoms with E-state index in [2.05, 4.69) is 20.9 Å². The molecule has 26 heteroatoms. The predicted molar refractivity (Wildman–Crippen MR) is 195 cm³/mol. The molecular weight excluding hydrogens is 760 g/mol. The van der Waals surface area contributed by atoms with Gasteiger partial charge in [0.2, 0.25) is 35.4 Å². The first kappa shape index (κ1) is 55.7. The molecule has 55 heavy (non-hydrogen) atoms. The summed E-state index contributed by atoms with van der Waals surface area (Å²) in [7, 11) is 1.60. The zero-order valence-electron chi connectivity index (χ0n) is 30.8. The van der Waals surface area contributed by atoms with Crippen molar-refractivity contribution in [2.24, 2.45) is 27.9 Å². The van der Waals surface area contributed by atoms with E-state index in [4.69, 9.17) is 52.9 Å². The van der Waals surface area contributed by atoms with Crippen LogP contribution in [-0.2, 0) is 52.7 Å². The molecule has 0 aliphatic heterocycles. The molecular formula is C29H52N10O15S. The van der Waals surface area contributed by atoms with Gasteiger partial charge in [-0.05, 0) is 19.1 Å². The summed E-state index contributed by atoms with van der Waals surface area (Å²) >= 11 is 1.33. The molecule has 0 aromatic rings. The number of nitrogens with two attached hydrogens (primary N) is 4. The Morgan fingerprint density at radius 3 is 1.71 bits per heavy atom. The number of hydrogen-bond acceptors (Lipinski definition) is 14. The first-order valence-electron chi connectivity index (χ1n) is 15.7. The van der Waals surface area contributed by atoms with Gasteiger partial charge in [0.05, 0.1) is 24.8 Å². The number of rotatable bonds is 22. The lowest BCUT2D eigenvalue weighted by Crippen LogP contribution is -2.53. The van der Waals surface area contributed by atoms with Crippen molar-refractivity contribution in [1.29, 1.82) is 0 Å². The third-order valence-corrected chi connectivity index (χ3v) is 6.55. The fourth-order valence-corrected chi connectivity index (χ4v) is 3.90. The Balaban J connectivity index is -0.000000463. The summed E-state index contributed by atoms with van der Waals surface area (Å²) < 4.78 is 0. The van der Waals surface area contributed by atoms with Crippen LogP contribution in [0, 0.1) is 0 Å². The number of thioether (sulfide) groups is 1. The summed E-state index contributed by atoms with van der Waals surface area (Å²) in [5.41, 5.74) is 20.6. The van der Waals surface area contributed by atoms with Crippen LogP contribution in [0.2, 0.25) is 0 Å². The number of aliphatic imine (C=N–C) groups is 1. The summed E-state index contributed by atoms with van der Waals surface area (Å²) in [5.74, 6) is -8.48. The summed E-state index contributed by atoms with van der Waals surface area (Å²) in [4.78, 5) is 125. The van der Waals surface area contributed by atoms with E-state index in [0.717, 1.165) is 20.1 Å². The number of primary amides is 1. The zero-order chi connectivity index (χ0) is 43.7. The van der Waals surface area contributed by atoms with Crippen molar-refractivity contribution in [2.75, 3.05) is 46.0 Å². The number of aldehydes is 1. The maximum atomic E-state index is 12.3. The molecule has 0 saturated carbocycles. The average Bonchev–Trinajstić information content (AvgIpc) is 3.07. The van der Waals surface area contributed by atoms with Crippen molar-refractivity contribution in [1.82, 2.24) is 26.2 Å². The van der Waals surface area contributed by atoms with Crippen molar-refractivity contribution < 1.29 is 73.2 Å². The highest BCUT2D eigenvalue weighted by atomic mass is 32.2. The molecule has 0 spiro atoms. The van der Waals surface area contributed by atoms with Gasteiger partial charge in [-0.2, -0.15) is 11.8 Å². The Morgan fingerprint density at radius 2 is 1.29 bits per heavy atom. The number of carbonyl (C=O) groups excluding carboxylic acids is 7. The van der Waals surface area contributed by atoms with Crippen LogP contribution in [0.4, 0.5) is 0 Å². The standard InChI is InChI=1S/C16H28N8O8.C9H16N2O3S.2C2H4O2/c17-5-10(25)23-8(2-1-3-20-16(18)19)14(31)21-6-11(26)24-9(4-12(27)28)15(32)22-7-13(29)30;1-11(5-3-8(10)13)9(14)7(15-2)4-6-12;2*1-2(3)4/h8-9H,1-7,17H2,(H,21,31)(H,22,32)(H,23,25)(H,24,26)(H,27,28)(H,29,30)(H4,18,19,20);6-7H,3-5H2,1-2H3,(H2,10,13);2*1H3,(H,3,4)/t8-,9?;;;/m0.../s1. The highest BCUT2D eigenvalue weighted by Crippen LogP contribution is 2.12. The average molecular weight is 813 g/mol. The molecule has 0 aliphatic carbocycles. The number of carboxylic acids is 4. The van der Waals surface area contributed by atoms with Gasteiger partial charge < -0.3 is 74.3 Å². The first-order chi connectivity index (χ1) is 25.4. The topological polar surface area (TPSA) is 436 Å². The lowest BCUT2D eigenvalue weighted by molar-refractivity contribution is -0.141. The fraction of sp³-hybridized carbons (Fsp3) is 0.586. The zero-order valence-corrected chi connectivity index (χ0v) is 31.6. The van der Waals surface area contributed by atoms with Crippen LogP contribution >= 0.6 is 11.8 Å². The molecule has 2 unspecified atom stereocenters. The van der Waals surface area contributed by atoms with Gasteiger partial charge in [0.25, 0.3) is 11.9 Å². The highest BCUT2D eigenvalue weighted by molar-refractivity contribution is 7.99. The molecule has 0 bridgehead atoms. The van der Waals surface area contributed by atoms with Crippen LogP contribution in [0.1, 0.15) is 46.0 Å². The Kier molecular flexibility index (Phi) is 34.2. The second-order valence-corrected chi connectivity index (χ2v) is 11.5. The summed E-state index contributed by atoms with van der Waals surface area (Å²) in [5, 5.41) is 40.6. The second kappa shape index (κ2) is 33.8. The van der Waals surface area contributed by atoms with E-state index in [1.807, 2.05) is 5.32 Å². The van der Waals surface area contributed by atoms with E-state index >= 15 is 0 Å². The van der Waals surface area contributed by atoms with E-state index < -0.39 is 85.0 Å². The van der Waals surface area contributed by atoms with Gasteiger partial charge >= 0.3 is 11.9 Å². The van der Waals surface area contributed by atoms with Crippen LogP contribution in [0.15, 0.2) is 4.99 Å². The highest BCUT2D eigenvalue weighted by Gasteiger charge is 2.26. The van der Waals surface area contributed by atoms with Crippen molar-refractivity contribution in [3.8, 4) is 0 Å². The molecule has 3 atom stereocenters. The molecule has 0 aromatic heterocycles. The molecule has 0 heterocycles. The maximum Gasteiger partial charge on any atom is 0.322 e. The van der Waals surface area contributed by atoms with Crippen LogP contribution < -0.4 is 44.2 Å². The van der Waals surface area contributed by atoms with E-state index in [1.54, 1.807) is 13.3 Å². The van der Waals surface area contributed by atoms with Crippen molar-refractivity contribution in [2.45, 2.75) is 63.3 Å². The minimum absolute atomic E-state index is 0.120. The lowest BCUT2D eigenvalue weighted by atomic mass is 10.1. The monoisotopic (exact) mass is 812 g/mol. The smallest absolute Gasteiger partial charge is 0.322 e. The van der Waals surface area contributed by atoms with Crippen LogP contribution in [0.25, 0.3) is 0 Å². The number of amides is 6. The normalized spacial score (nSPS) is 11.1. The Hall–Kier alpha value is -6.05. The fourth-order valence-electron chi connectivity index (χ4n) is 3.25. The Bertz CT molecular complexity index is 1310. The molecule has 0 aliphatic rings. The third-order valence-electron chi connectivity index (χ3n) is 5.59. The second-order valence-electron chi connectivity index (χ2n) is 10.5. The van der Waals surface area contributed by atoms with Crippen molar-refractivity contribution in [3.63, 3.8) is 0 Å². The maximum absolute atomic E-state index is 12.3. The van der Waals surface area contributed by atoms with E-state index in [-0.39, 0.29) is 49.5 Å². The van der Waals surface area contributed by atoms with Gasteiger partial charge in [0.15, 0.2) is 5.96 Å². The molecule has 0 fully saturated rings. The number of nitrogens with one attached hydrogen (secondary N) is 4. The van der Waals surface area contributed by atoms with Gasteiger partial charge in [-0.1, -0.05) is 0 Å². The van der Waals surface area contributed by atoms with Crippen LogP contribution in [0.5, 0.6) is 0 Å². The van der Waals surface area contributed by atoms with E-state index in [9.17, 15) is 43.2 Å². The van der Waals surface area contributed by atoms with Gasteiger partial charge in [0, 0.05) is 46.8 Å². The van der Waals surface area contributed by atoms with Crippen molar-refractivity contribution >= 4 is 83.3 Å². The van der Waals surface area contributed by atoms with Gasteiger partial charge in [0.1, 0.15) is 24.9 Å². The molecule has 0 radical (unpaired) electrons. The number of hydrogen-bond donors (Lipinski definition) is 12. The number of aliphatic carboxylic acids is 4. The molecule has 314 valence electrons. The number of carbonyl (C=O) groups is 11. The Morgan fingerprint density at radius 1 is 0.800 bits per heavy atom. The number of carboxylic acid groups (broad SMARTS) is 4. The third kappa shape index (κ3) is 39.0. The molecule has 0 aromatic carbocycles. The van der Waals surface area contributed by atoms with Crippen LogP contribution in [0.3, 0.4) is 0 Å². The van der Waals surface area contributed by atoms with Crippen molar-refractivity contribution in [3.05, 3.63) is 0 Å². The number of guanidine groups is 1. The first-order valence-corrected chi connectivity index (χ1v) is 17.0. The minimum Gasteiger partial charge on any atom is -0.481 e. The largest absolute Gasteiger partial charge is 0.481 e. The molecule has 25 nitrogen and oxygen atoms in total. The molecule has 16 N–H and O–H groups in total. The van der Waals surface area contributed by atoms with Gasteiger partial charge in [-0.25, -0.2) is 0 Å². The van der Waals surface area contributed by atoms with E-state index in [1.165, 1.54) is 16.7 Å². The minimum atomic E-state index is -1.57. The lowest BCUT2D eigenvalue weighted by Gasteiger charge is -2.20. The summed E-state index contributed by atoms with van der Waals surface area (Å²) in [6.45, 7) is 0.853. The van der Waals surface area contributed by atoms with E-state index in [0.29, 0.717) is 13.0 Å². The van der Waals surface area contributed by atoms with Gasteiger partial charge in [-0.15, -0.1) is 0 Å². The number of nitrogens with zero attached hydrogens (tertiary/aromatic N) is 2. The Labute approximate surface area is 319 Å². The summed E-state index contributed by atoms with van der Waals surface area (Å²) in [6, 6.07) is -2.62. The quantitative estimate of drug-likeness (QED) is 0.0210. The van der Waals surface area contributed by atoms with Gasteiger partial charge in [-0.3, -0.25) is 52.9 Å². The molecule has 0 rings (SSSR count). The predicted octanol–water partition coefficient (Wildman–Crippen LogP) is -5.42.